The molecule has 1 aliphatic rings. The summed E-state index contributed by atoms with van der Waals surface area (Å²) in [7, 11) is 0. The first-order valence-corrected chi connectivity index (χ1v) is 11.6. The van der Waals surface area contributed by atoms with Crippen molar-refractivity contribution in [1.82, 2.24) is 4.90 Å². The van der Waals surface area contributed by atoms with E-state index in [-0.39, 0.29) is 24.5 Å². The maximum atomic E-state index is 11.3. The fraction of sp³-hybridized carbons (Fsp3) is 0.455. The van der Waals surface area contributed by atoms with Gasteiger partial charge in [0.2, 0.25) is 0 Å². The van der Waals surface area contributed by atoms with Crippen molar-refractivity contribution < 1.29 is 25.3 Å². The zero-order valence-electron chi connectivity index (χ0n) is 19.2. The zero-order chi connectivity index (χ0) is 26.2. The molecule has 13 nitrogen and oxygen atoms in total. The number of nitro benzene ring substituents is 1. The number of aliphatic hydroxyl groups is 4. The SMILES string of the molecule is [N-]=[N+]=Nc1ccc(NCCNc2cc(Cl)cc(CCN3C[C@H](O)[C@@H](O)[C@H](O)[C@H]3CO)c2)c([N+](=O)[O-])c1. The van der Waals surface area contributed by atoms with Crippen molar-refractivity contribution in [2.75, 3.05) is 43.4 Å². The molecule has 0 aromatic heterocycles. The van der Waals surface area contributed by atoms with Gasteiger partial charge in [0.1, 0.15) is 17.9 Å². The summed E-state index contributed by atoms with van der Waals surface area (Å²) in [5.41, 5.74) is 10.4. The van der Waals surface area contributed by atoms with Crippen molar-refractivity contribution >= 4 is 34.4 Å². The standard InChI is InChI=1S/C22H28ClN7O6/c23-14-7-13(3-6-29-11-20(32)22(34)21(33)19(29)12-31)8-16(9-14)25-4-5-26-17-2-1-15(27-28-24)10-18(17)30(35)36/h1-2,7-10,19-22,25-26,31-34H,3-6,11-12H2/t19-,20+,21-,22-/m1/s1. The molecule has 36 heavy (non-hydrogen) atoms. The Bertz CT molecular complexity index is 1120. The van der Waals surface area contributed by atoms with Crippen molar-refractivity contribution in [2.45, 2.75) is 30.8 Å². The molecule has 0 saturated carbocycles. The van der Waals surface area contributed by atoms with E-state index in [1.807, 2.05) is 6.07 Å². The van der Waals surface area contributed by atoms with Gasteiger partial charge in [-0.1, -0.05) is 22.8 Å². The molecule has 1 saturated heterocycles. The molecular formula is C22H28ClN7O6. The Labute approximate surface area is 211 Å². The number of nitrogens with zero attached hydrogens (tertiary/aromatic N) is 5. The lowest BCUT2D eigenvalue weighted by Crippen LogP contribution is -2.62. The molecule has 2 aromatic rings. The summed E-state index contributed by atoms with van der Waals surface area (Å²) in [5.74, 6) is 0. The predicted molar refractivity (Wildman–Crippen MR) is 135 cm³/mol. The molecule has 1 fully saturated rings. The number of halogens is 1. The summed E-state index contributed by atoms with van der Waals surface area (Å²) in [6.07, 6.45) is -3.16. The number of nitrogens with one attached hydrogen (secondary N) is 2. The number of likely N-dealkylation sites (tertiary alicyclic amines) is 1. The number of hydrogen-bond acceptors (Lipinski definition) is 10. The van der Waals surface area contributed by atoms with E-state index in [1.54, 1.807) is 17.0 Å². The second-order valence-corrected chi connectivity index (χ2v) is 8.83. The first kappa shape index (κ1) is 27.4. The highest BCUT2D eigenvalue weighted by molar-refractivity contribution is 6.30. The first-order valence-electron chi connectivity index (χ1n) is 11.2. The lowest BCUT2D eigenvalue weighted by Gasteiger charge is -2.43. The lowest BCUT2D eigenvalue weighted by molar-refractivity contribution is -0.383. The van der Waals surface area contributed by atoms with Gasteiger partial charge in [-0.25, -0.2) is 0 Å². The maximum absolute atomic E-state index is 11.3. The van der Waals surface area contributed by atoms with E-state index in [4.69, 9.17) is 17.1 Å². The molecule has 0 unspecified atom stereocenters. The van der Waals surface area contributed by atoms with Gasteiger partial charge in [-0.15, -0.1) is 0 Å². The Morgan fingerprint density at radius 3 is 2.61 bits per heavy atom. The number of piperidine rings is 1. The summed E-state index contributed by atoms with van der Waals surface area (Å²) in [6, 6.07) is 8.89. The number of rotatable bonds is 11. The van der Waals surface area contributed by atoms with E-state index >= 15 is 0 Å². The third-order valence-electron chi connectivity index (χ3n) is 5.97. The van der Waals surface area contributed by atoms with Crippen LogP contribution in [-0.2, 0) is 6.42 Å². The van der Waals surface area contributed by atoms with Gasteiger partial charge in [-0.3, -0.25) is 15.0 Å². The molecule has 0 bridgehead atoms. The van der Waals surface area contributed by atoms with E-state index in [2.05, 4.69) is 20.7 Å². The van der Waals surface area contributed by atoms with E-state index in [0.717, 1.165) is 11.3 Å². The van der Waals surface area contributed by atoms with Crippen molar-refractivity contribution in [3.05, 3.63) is 67.5 Å². The fourth-order valence-corrected chi connectivity index (χ4v) is 4.40. The van der Waals surface area contributed by atoms with Gasteiger partial charge in [0.05, 0.1) is 23.7 Å². The smallest absolute Gasteiger partial charge is 0.292 e. The summed E-state index contributed by atoms with van der Waals surface area (Å²) in [4.78, 5) is 15.1. The number of anilines is 2. The number of azide groups is 1. The van der Waals surface area contributed by atoms with Crippen LogP contribution in [0.4, 0.5) is 22.7 Å². The summed E-state index contributed by atoms with van der Waals surface area (Å²) >= 11 is 6.27. The van der Waals surface area contributed by atoms with Gasteiger partial charge >= 0.3 is 0 Å². The molecule has 1 heterocycles. The third-order valence-corrected chi connectivity index (χ3v) is 6.19. The maximum Gasteiger partial charge on any atom is 0.292 e. The minimum atomic E-state index is -1.31. The van der Waals surface area contributed by atoms with Crippen LogP contribution >= 0.6 is 11.6 Å². The summed E-state index contributed by atoms with van der Waals surface area (Å²) in [6.45, 7) is 0.962. The molecule has 6 N–H and O–H groups in total. The normalized spacial score (nSPS) is 22.0. The molecule has 0 spiro atoms. The van der Waals surface area contributed by atoms with E-state index in [1.165, 1.54) is 18.2 Å². The van der Waals surface area contributed by atoms with Crippen LogP contribution in [0.1, 0.15) is 5.56 Å². The largest absolute Gasteiger partial charge is 0.395 e. The van der Waals surface area contributed by atoms with Gasteiger partial charge in [-0.05, 0) is 41.8 Å². The number of benzene rings is 2. The minimum absolute atomic E-state index is 0.122. The average Bonchev–Trinajstić information content (AvgIpc) is 2.84. The average molecular weight is 522 g/mol. The number of nitro groups is 1. The van der Waals surface area contributed by atoms with Gasteiger partial charge in [0, 0.05) is 53.6 Å². The number of β-amino-alcohol motifs (C(OH)–C–C–N with tert-alkyl or cyclic N) is 1. The second kappa shape index (κ2) is 12.7. The Morgan fingerprint density at radius 1 is 1.17 bits per heavy atom. The highest BCUT2D eigenvalue weighted by atomic mass is 35.5. The van der Waals surface area contributed by atoms with Crippen LogP contribution in [0.3, 0.4) is 0 Å². The minimum Gasteiger partial charge on any atom is -0.395 e. The van der Waals surface area contributed by atoms with Crippen LogP contribution in [0, 0.1) is 10.1 Å². The first-order chi connectivity index (χ1) is 17.2. The van der Waals surface area contributed by atoms with Gasteiger partial charge in [0.25, 0.3) is 5.69 Å². The molecule has 4 atom stereocenters. The molecule has 0 radical (unpaired) electrons. The molecule has 2 aromatic carbocycles. The van der Waals surface area contributed by atoms with Crippen LogP contribution in [0.2, 0.25) is 5.02 Å². The van der Waals surface area contributed by atoms with Crippen molar-refractivity contribution in [2.24, 2.45) is 5.11 Å². The Hall–Kier alpha value is -3.16. The highest BCUT2D eigenvalue weighted by Crippen LogP contribution is 2.29. The molecule has 14 heteroatoms. The molecule has 3 rings (SSSR count). The van der Waals surface area contributed by atoms with Crippen LogP contribution in [0.5, 0.6) is 0 Å². The molecule has 1 aliphatic heterocycles. The van der Waals surface area contributed by atoms with Crippen LogP contribution in [0.15, 0.2) is 41.5 Å². The molecule has 0 amide bonds. The summed E-state index contributed by atoms with van der Waals surface area (Å²) < 4.78 is 0. The summed E-state index contributed by atoms with van der Waals surface area (Å²) in [5, 5.41) is 61.0. The fourth-order valence-electron chi connectivity index (χ4n) is 4.14. The Morgan fingerprint density at radius 2 is 1.92 bits per heavy atom. The predicted octanol–water partition coefficient (Wildman–Crippen LogP) is 2.02. The topological polar surface area (TPSA) is 200 Å². The number of hydrogen-bond donors (Lipinski definition) is 6. The lowest BCUT2D eigenvalue weighted by atomic mass is 9.94. The van der Waals surface area contributed by atoms with E-state index in [9.17, 15) is 30.5 Å². The van der Waals surface area contributed by atoms with Crippen molar-refractivity contribution in [3.8, 4) is 0 Å². The van der Waals surface area contributed by atoms with Gasteiger partial charge in [-0.2, -0.15) is 0 Å². The van der Waals surface area contributed by atoms with Gasteiger partial charge in [0.15, 0.2) is 0 Å². The van der Waals surface area contributed by atoms with Gasteiger partial charge < -0.3 is 31.1 Å². The quantitative estimate of drug-likeness (QED) is 0.0638. The van der Waals surface area contributed by atoms with Crippen LogP contribution in [-0.4, -0.2) is 87.4 Å². The van der Waals surface area contributed by atoms with E-state index in [0.29, 0.717) is 36.8 Å². The Kier molecular flexibility index (Phi) is 9.67. The van der Waals surface area contributed by atoms with Crippen LogP contribution < -0.4 is 10.6 Å². The highest BCUT2D eigenvalue weighted by Gasteiger charge is 2.40. The van der Waals surface area contributed by atoms with Crippen molar-refractivity contribution in [3.63, 3.8) is 0 Å². The zero-order valence-corrected chi connectivity index (χ0v) is 20.0. The molecule has 0 aliphatic carbocycles. The molecular weight excluding hydrogens is 494 g/mol. The van der Waals surface area contributed by atoms with E-state index < -0.39 is 29.3 Å². The second-order valence-electron chi connectivity index (χ2n) is 8.39. The van der Waals surface area contributed by atoms with Crippen molar-refractivity contribution in [1.29, 1.82) is 0 Å². The molecule has 194 valence electrons. The number of aliphatic hydroxyl groups excluding tert-OH is 4. The monoisotopic (exact) mass is 521 g/mol. The van der Waals surface area contributed by atoms with Crippen LogP contribution in [0.25, 0.3) is 10.4 Å². The third kappa shape index (κ3) is 6.95. The Balaban J connectivity index is 1.57.